The number of hydrogen-bond donors (Lipinski definition) is 2. The number of nitrogen functional groups attached to an aromatic ring is 1. The van der Waals surface area contributed by atoms with Crippen molar-refractivity contribution in [2.24, 2.45) is 0 Å². The first-order valence-corrected chi connectivity index (χ1v) is 7.35. The van der Waals surface area contributed by atoms with Gasteiger partial charge in [-0.1, -0.05) is 35.8 Å². The first-order valence-electron chi connectivity index (χ1n) is 6.55. The minimum Gasteiger partial charge on any atom is -0.383 e. The van der Waals surface area contributed by atoms with Crippen molar-refractivity contribution in [2.45, 2.75) is 33.6 Å². The smallest absolute Gasteiger partial charge is 0.139 e. The highest BCUT2D eigenvalue weighted by atomic mass is 79.9. The number of hydrogen-bond acceptors (Lipinski definition) is 4. The largest absolute Gasteiger partial charge is 0.383 e. The second kappa shape index (κ2) is 5.79. The minimum atomic E-state index is 0.239. The molecule has 20 heavy (non-hydrogen) atoms. The van der Waals surface area contributed by atoms with Crippen LogP contribution in [0.25, 0.3) is 0 Å². The van der Waals surface area contributed by atoms with Gasteiger partial charge in [0.05, 0.1) is 0 Å². The molecule has 0 aliphatic heterocycles. The standard InChI is InChI=1S/C15H19BrN4/c1-8(2)14-19-13(17)10(4)15(20-14)18-11-6-5-9(3)12(16)7-11/h5-8H,1-4H3,(H3,17,18,19,20). The highest BCUT2D eigenvalue weighted by molar-refractivity contribution is 9.10. The van der Waals surface area contributed by atoms with Crippen LogP contribution in [0.2, 0.25) is 0 Å². The molecule has 0 bridgehead atoms. The molecule has 1 heterocycles. The molecule has 0 atom stereocenters. The van der Waals surface area contributed by atoms with E-state index in [-0.39, 0.29) is 5.92 Å². The highest BCUT2D eigenvalue weighted by Crippen LogP contribution is 2.26. The predicted octanol–water partition coefficient (Wildman–Crippen LogP) is 4.31. The van der Waals surface area contributed by atoms with E-state index in [9.17, 15) is 0 Å². The lowest BCUT2D eigenvalue weighted by molar-refractivity contribution is 0.776. The van der Waals surface area contributed by atoms with E-state index < -0.39 is 0 Å². The molecule has 0 aliphatic carbocycles. The first-order chi connectivity index (χ1) is 9.38. The minimum absolute atomic E-state index is 0.239. The van der Waals surface area contributed by atoms with Crippen LogP contribution in [0.4, 0.5) is 17.3 Å². The fourth-order valence-electron chi connectivity index (χ4n) is 1.74. The first kappa shape index (κ1) is 14.8. The lowest BCUT2D eigenvalue weighted by Gasteiger charge is -2.14. The molecule has 0 aliphatic rings. The van der Waals surface area contributed by atoms with Gasteiger partial charge in [0.15, 0.2) is 0 Å². The topological polar surface area (TPSA) is 63.8 Å². The van der Waals surface area contributed by atoms with Gasteiger partial charge < -0.3 is 11.1 Å². The molecule has 0 radical (unpaired) electrons. The van der Waals surface area contributed by atoms with Crippen LogP contribution in [0.3, 0.4) is 0 Å². The molecule has 106 valence electrons. The molecule has 0 unspecified atom stereocenters. The second-order valence-electron chi connectivity index (χ2n) is 5.18. The fourth-order valence-corrected chi connectivity index (χ4v) is 2.12. The summed E-state index contributed by atoms with van der Waals surface area (Å²) in [5.74, 6) is 2.28. The molecule has 1 aromatic heterocycles. The molecule has 4 nitrogen and oxygen atoms in total. The Labute approximate surface area is 128 Å². The Balaban J connectivity index is 2.39. The van der Waals surface area contributed by atoms with Crippen molar-refractivity contribution in [3.8, 4) is 0 Å². The van der Waals surface area contributed by atoms with Crippen LogP contribution in [0, 0.1) is 13.8 Å². The van der Waals surface area contributed by atoms with E-state index >= 15 is 0 Å². The van der Waals surface area contributed by atoms with Crippen LogP contribution < -0.4 is 11.1 Å². The van der Waals surface area contributed by atoms with E-state index in [0.29, 0.717) is 5.82 Å². The molecule has 2 aromatic rings. The summed E-state index contributed by atoms with van der Waals surface area (Å²) in [5.41, 5.74) is 9.00. The molecule has 0 spiro atoms. The van der Waals surface area contributed by atoms with Crippen molar-refractivity contribution < 1.29 is 0 Å². The Morgan fingerprint density at radius 2 is 1.90 bits per heavy atom. The summed E-state index contributed by atoms with van der Waals surface area (Å²) >= 11 is 3.53. The zero-order valence-corrected chi connectivity index (χ0v) is 13.7. The average Bonchev–Trinajstić information content (AvgIpc) is 2.38. The van der Waals surface area contributed by atoms with Crippen LogP contribution in [0.1, 0.15) is 36.7 Å². The number of rotatable bonds is 3. The van der Waals surface area contributed by atoms with Crippen LogP contribution in [-0.2, 0) is 0 Å². The van der Waals surface area contributed by atoms with Crippen molar-refractivity contribution in [3.63, 3.8) is 0 Å². The molecule has 3 N–H and O–H groups in total. The second-order valence-corrected chi connectivity index (χ2v) is 6.04. The monoisotopic (exact) mass is 334 g/mol. The number of nitrogens with two attached hydrogens (primary N) is 1. The highest BCUT2D eigenvalue weighted by Gasteiger charge is 2.11. The van der Waals surface area contributed by atoms with Gasteiger partial charge in [-0.25, -0.2) is 9.97 Å². The van der Waals surface area contributed by atoms with Gasteiger partial charge >= 0.3 is 0 Å². The number of benzene rings is 1. The normalized spacial score (nSPS) is 10.9. The molecular formula is C15H19BrN4. The van der Waals surface area contributed by atoms with Crippen LogP contribution >= 0.6 is 15.9 Å². The van der Waals surface area contributed by atoms with Gasteiger partial charge in [-0.15, -0.1) is 0 Å². The van der Waals surface area contributed by atoms with Gasteiger partial charge in [-0.2, -0.15) is 0 Å². The number of halogens is 1. The third-order valence-corrected chi connectivity index (χ3v) is 4.01. The third kappa shape index (κ3) is 3.10. The summed E-state index contributed by atoms with van der Waals surface area (Å²) < 4.78 is 1.06. The Morgan fingerprint density at radius 1 is 1.20 bits per heavy atom. The maximum absolute atomic E-state index is 5.97. The zero-order chi connectivity index (χ0) is 14.9. The summed E-state index contributed by atoms with van der Waals surface area (Å²) in [6.07, 6.45) is 0. The molecule has 0 saturated carbocycles. The van der Waals surface area contributed by atoms with E-state index in [4.69, 9.17) is 5.73 Å². The quantitative estimate of drug-likeness (QED) is 0.877. The SMILES string of the molecule is Cc1ccc(Nc2nc(C(C)C)nc(N)c2C)cc1Br. The fraction of sp³-hybridized carbons (Fsp3) is 0.333. The van der Waals surface area contributed by atoms with Crippen molar-refractivity contribution in [3.05, 3.63) is 39.6 Å². The number of aryl methyl sites for hydroxylation is 1. The molecule has 0 saturated heterocycles. The van der Waals surface area contributed by atoms with Gasteiger partial charge in [0, 0.05) is 21.6 Å². The number of anilines is 3. The van der Waals surface area contributed by atoms with Gasteiger partial charge in [0.1, 0.15) is 17.5 Å². The van der Waals surface area contributed by atoms with Gasteiger partial charge in [0.25, 0.3) is 0 Å². The Hall–Kier alpha value is -1.62. The van der Waals surface area contributed by atoms with Crippen molar-refractivity contribution >= 4 is 33.3 Å². The maximum Gasteiger partial charge on any atom is 0.139 e. The van der Waals surface area contributed by atoms with Crippen molar-refractivity contribution in [2.75, 3.05) is 11.1 Å². The molecule has 0 fully saturated rings. The summed E-state index contributed by atoms with van der Waals surface area (Å²) in [6, 6.07) is 6.10. The number of nitrogens with zero attached hydrogens (tertiary/aromatic N) is 2. The van der Waals surface area contributed by atoms with E-state index in [1.54, 1.807) is 0 Å². The molecular weight excluding hydrogens is 316 g/mol. The van der Waals surface area contributed by atoms with E-state index in [1.165, 1.54) is 5.56 Å². The molecule has 2 rings (SSSR count). The van der Waals surface area contributed by atoms with E-state index in [1.807, 2.05) is 19.1 Å². The van der Waals surface area contributed by atoms with E-state index in [0.717, 1.165) is 27.4 Å². The van der Waals surface area contributed by atoms with Crippen molar-refractivity contribution in [1.82, 2.24) is 9.97 Å². The van der Waals surface area contributed by atoms with Crippen LogP contribution in [0.5, 0.6) is 0 Å². The Bertz CT molecular complexity index is 638. The summed E-state index contributed by atoms with van der Waals surface area (Å²) in [7, 11) is 0. The van der Waals surface area contributed by atoms with E-state index in [2.05, 4.69) is 58.1 Å². The lowest BCUT2D eigenvalue weighted by atomic mass is 10.2. The maximum atomic E-state index is 5.97. The van der Waals surface area contributed by atoms with Crippen LogP contribution in [-0.4, -0.2) is 9.97 Å². The summed E-state index contributed by atoms with van der Waals surface area (Å²) in [5, 5.41) is 3.32. The molecule has 0 amide bonds. The van der Waals surface area contributed by atoms with Gasteiger partial charge in [0.2, 0.25) is 0 Å². The van der Waals surface area contributed by atoms with Gasteiger partial charge in [-0.05, 0) is 31.5 Å². The third-order valence-electron chi connectivity index (χ3n) is 3.15. The Morgan fingerprint density at radius 3 is 2.50 bits per heavy atom. The predicted molar refractivity (Wildman–Crippen MR) is 87.4 cm³/mol. The average molecular weight is 335 g/mol. The van der Waals surface area contributed by atoms with Crippen molar-refractivity contribution in [1.29, 1.82) is 0 Å². The van der Waals surface area contributed by atoms with Crippen LogP contribution in [0.15, 0.2) is 22.7 Å². The number of nitrogens with one attached hydrogen (secondary N) is 1. The summed E-state index contributed by atoms with van der Waals surface area (Å²) in [6.45, 7) is 8.08. The van der Waals surface area contributed by atoms with Gasteiger partial charge in [-0.3, -0.25) is 0 Å². The lowest BCUT2D eigenvalue weighted by Crippen LogP contribution is -2.08. The summed E-state index contributed by atoms with van der Waals surface area (Å²) in [4.78, 5) is 8.89. The number of aromatic nitrogens is 2. The molecule has 5 heteroatoms. The molecule has 1 aromatic carbocycles. The zero-order valence-electron chi connectivity index (χ0n) is 12.2. The Kier molecular flexibility index (Phi) is 4.28.